The fourth-order valence-corrected chi connectivity index (χ4v) is 4.61. The van der Waals surface area contributed by atoms with Crippen molar-refractivity contribution in [2.24, 2.45) is 0 Å². The summed E-state index contributed by atoms with van der Waals surface area (Å²) < 4.78 is 24.5. The average molecular weight is 404 g/mol. The minimum absolute atomic E-state index is 0.0931. The molecule has 0 saturated carbocycles. The molecule has 6 nitrogen and oxygen atoms in total. The largest absolute Gasteiger partial charge is 0.493 e. The van der Waals surface area contributed by atoms with E-state index in [1.54, 1.807) is 31.4 Å². The van der Waals surface area contributed by atoms with Gasteiger partial charge in [0.2, 0.25) is 11.8 Å². The number of thioether (sulfide) groups is 1. The van der Waals surface area contributed by atoms with Gasteiger partial charge in [-0.15, -0.1) is 11.8 Å². The minimum atomic E-state index is -0.708. The summed E-state index contributed by atoms with van der Waals surface area (Å²) in [6.45, 7) is 1.42. The zero-order valence-electron chi connectivity index (χ0n) is 15.8. The molecule has 1 fully saturated rings. The molecule has 0 spiro atoms. The van der Waals surface area contributed by atoms with Crippen molar-refractivity contribution >= 4 is 29.3 Å². The molecule has 2 unspecified atom stereocenters. The van der Waals surface area contributed by atoms with Gasteiger partial charge in [0.1, 0.15) is 17.2 Å². The van der Waals surface area contributed by atoms with E-state index in [1.165, 1.54) is 42.8 Å². The first-order valence-electron chi connectivity index (χ1n) is 8.64. The Kier molecular flexibility index (Phi) is 6.08. The van der Waals surface area contributed by atoms with Crippen molar-refractivity contribution in [3.63, 3.8) is 0 Å². The normalized spacial score (nSPS) is 18.6. The zero-order chi connectivity index (χ0) is 20.3. The van der Waals surface area contributed by atoms with Gasteiger partial charge in [0.15, 0.2) is 11.5 Å². The van der Waals surface area contributed by atoms with Crippen molar-refractivity contribution in [2.75, 3.05) is 25.3 Å². The molecule has 1 aliphatic rings. The van der Waals surface area contributed by atoms with Crippen LogP contribution in [0.2, 0.25) is 0 Å². The van der Waals surface area contributed by atoms with E-state index in [0.717, 1.165) is 5.56 Å². The molecule has 1 heterocycles. The number of carbonyl (C=O) groups is 2. The Morgan fingerprint density at radius 3 is 2.50 bits per heavy atom. The molecule has 3 rings (SSSR count). The Bertz CT molecular complexity index is 892. The van der Waals surface area contributed by atoms with Crippen LogP contribution in [0.15, 0.2) is 42.5 Å². The van der Waals surface area contributed by atoms with E-state index in [2.05, 4.69) is 5.32 Å². The van der Waals surface area contributed by atoms with Crippen molar-refractivity contribution in [2.45, 2.75) is 18.3 Å². The summed E-state index contributed by atoms with van der Waals surface area (Å²) in [5.74, 6) is 0.348. The third-order valence-corrected chi connectivity index (χ3v) is 5.81. The first-order chi connectivity index (χ1) is 13.5. The van der Waals surface area contributed by atoms with Gasteiger partial charge in [-0.25, -0.2) is 4.39 Å². The van der Waals surface area contributed by atoms with Crippen LogP contribution in [0.4, 0.5) is 10.1 Å². The van der Waals surface area contributed by atoms with Crippen molar-refractivity contribution in [3.8, 4) is 11.5 Å². The van der Waals surface area contributed by atoms with E-state index in [-0.39, 0.29) is 17.0 Å². The van der Waals surface area contributed by atoms with E-state index in [9.17, 15) is 14.0 Å². The quantitative estimate of drug-likeness (QED) is 0.827. The molecule has 148 valence electrons. The van der Waals surface area contributed by atoms with Crippen LogP contribution < -0.4 is 14.8 Å². The molecule has 1 aliphatic heterocycles. The van der Waals surface area contributed by atoms with E-state index in [0.29, 0.717) is 17.3 Å². The van der Waals surface area contributed by atoms with Gasteiger partial charge in [-0.2, -0.15) is 0 Å². The molecule has 0 bridgehead atoms. The van der Waals surface area contributed by atoms with Gasteiger partial charge in [0, 0.05) is 12.7 Å². The maximum Gasteiger partial charge on any atom is 0.248 e. The fraction of sp³-hybridized carbons (Fsp3) is 0.300. The SMILES string of the molecule is COc1ccc(C2SCC(C(=O)Nc3ccccc3F)N2C(C)=O)cc1OC. The van der Waals surface area contributed by atoms with E-state index in [1.807, 2.05) is 6.07 Å². The zero-order valence-corrected chi connectivity index (χ0v) is 16.6. The Balaban J connectivity index is 1.85. The van der Waals surface area contributed by atoms with Gasteiger partial charge in [-0.3, -0.25) is 9.59 Å². The number of hydrogen-bond donors (Lipinski definition) is 1. The van der Waals surface area contributed by atoms with Crippen molar-refractivity contribution < 1.29 is 23.5 Å². The lowest BCUT2D eigenvalue weighted by atomic mass is 10.1. The van der Waals surface area contributed by atoms with Crippen LogP contribution in [0.5, 0.6) is 11.5 Å². The summed E-state index contributed by atoms with van der Waals surface area (Å²) >= 11 is 1.47. The number of carbonyl (C=O) groups excluding carboxylic acids is 2. The van der Waals surface area contributed by atoms with Crippen LogP contribution in [0, 0.1) is 5.82 Å². The molecule has 2 atom stereocenters. The molecule has 0 aromatic heterocycles. The van der Waals surface area contributed by atoms with Crippen LogP contribution in [-0.4, -0.2) is 42.7 Å². The summed E-state index contributed by atoms with van der Waals surface area (Å²) in [7, 11) is 3.09. The summed E-state index contributed by atoms with van der Waals surface area (Å²) in [6, 6.07) is 10.6. The molecular formula is C20H21FN2O4S. The fourth-order valence-electron chi connectivity index (χ4n) is 3.13. The summed E-state index contributed by atoms with van der Waals surface area (Å²) in [5, 5.41) is 2.23. The van der Waals surface area contributed by atoms with Crippen LogP contribution in [0.25, 0.3) is 0 Å². The molecule has 1 saturated heterocycles. The monoisotopic (exact) mass is 404 g/mol. The van der Waals surface area contributed by atoms with E-state index >= 15 is 0 Å². The Hall–Kier alpha value is -2.74. The standard InChI is InChI=1S/C20H21FN2O4S/c1-12(24)23-16(19(25)22-15-7-5-4-6-14(15)21)11-28-20(23)13-8-9-17(26-2)18(10-13)27-3/h4-10,16,20H,11H2,1-3H3,(H,22,25). The number of rotatable bonds is 5. The van der Waals surface area contributed by atoms with Crippen molar-refractivity contribution in [1.82, 2.24) is 4.90 Å². The number of amides is 2. The van der Waals surface area contributed by atoms with Gasteiger partial charge in [-0.05, 0) is 29.8 Å². The second-order valence-electron chi connectivity index (χ2n) is 6.21. The highest BCUT2D eigenvalue weighted by molar-refractivity contribution is 7.99. The van der Waals surface area contributed by atoms with Crippen LogP contribution in [-0.2, 0) is 9.59 Å². The highest BCUT2D eigenvalue weighted by Gasteiger charge is 2.41. The average Bonchev–Trinajstić information content (AvgIpc) is 3.14. The number of anilines is 1. The molecule has 28 heavy (non-hydrogen) atoms. The third-order valence-electron chi connectivity index (χ3n) is 4.49. The number of hydrogen-bond acceptors (Lipinski definition) is 5. The lowest BCUT2D eigenvalue weighted by Gasteiger charge is -2.28. The predicted molar refractivity (Wildman–Crippen MR) is 106 cm³/mol. The lowest BCUT2D eigenvalue weighted by Crippen LogP contribution is -2.44. The lowest BCUT2D eigenvalue weighted by molar-refractivity contribution is -0.136. The highest BCUT2D eigenvalue weighted by Crippen LogP contribution is 2.43. The first kappa shape index (κ1) is 20.0. The predicted octanol–water partition coefficient (Wildman–Crippen LogP) is 3.44. The maximum absolute atomic E-state index is 13.9. The number of para-hydroxylation sites is 1. The molecule has 1 N–H and O–H groups in total. The summed E-state index contributed by atoms with van der Waals surface area (Å²) in [5.41, 5.74) is 0.912. The van der Waals surface area contributed by atoms with Gasteiger partial charge in [0.25, 0.3) is 0 Å². The Morgan fingerprint density at radius 1 is 1.14 bits per heavy atom. The number of halogens is 1. The third kappa shape index (κ3) is 3.91. The second kappa shape index (κ2) is 8.52. The maximum atomic E-state index is 13.9. The highest BCUT2D eigenvalue weighted by atomic mass is 32.2. The number of ether oxygens (including phenoxy) is 2. The second-order valence-corrected chi connectivity index (χ2v) is 7.32. The molecule has 2 amide bonds. The Labute approximate surface area is 167 Å². The molecule has 8 heteroatoms. The molecule has 0 aliphatic carbocycles. The summed E-state index contributed by atoms with van der Waals surface area (Å²) in [6.07, 6.45) is 0. The molecular weight excluding hydrogens is 383 g/mol. The number of benzene rings is 2. The number of methoxy groups -OCH3 is 2. The first-order valence-corrected chi connectivity index (χ1v) is 9.69. The minimum Gasteiger partial charge on any atom is -0.493 e. The van der Waals surface area contributed by atoms with E-state index in [4.69, 9.17) is 9.47 Å². The van der Waals surface area contributed by atoms with Crippen molar-refractivity contribution in [1.29, 1.82) is 0 Å². The molecule has 0 radical (unpaired) electrons. The Morgan fingerprint density at radius 2 is 1.86 bits per heavy atom. The number of nitrogens with zero attached hydrogens (tertiary/aromatic N) is 1. The van der Waals surface area contributed by atoms with Gasteiger partial charge >= 0.3 is 0 Å². The number of nitrogens with one attached hydrogen (secondary N) is 1. The van der Waals surface area contributed by atoms with E-state index < -0.39 is 17.8 Å². The molecule has 2 aromatic carbocycles. The van der Waals surface area contributed by atoms with Crippen molar-refractivity contribution in [3.05, 3.63) is 53.8 Å². The van der Waals surface area contributed by atoms with Crippen LogP contribution in [0.1, 0.15) is 17.9 Å². The van der Waals surface area contributed by atoms with Gasteiger partial charge < -0.3 is 19.7 Å². The topological polar surface area (TPSA) is 67.9 Å². The van der Waals surface area contributed by atoms with Gasteiger partial charge in [-0.1, -0.05) is 18.2 Å². The van der Waals surface area contributed by atoms with Crippen LogP contribution in [0.3, 0.4) is 0 Å². The van der Waals surface area contributed by atoms with Gasteiger partial charge in [0.05, 0.1) is 19.9 Å². The smallest absolute Gasteiger partial charge is 0.248 e. The van der Waals surface area contributed by atoms with Crippen LogP contribution >= 0.6 is 11.8 Å². The summed E-state index contributed by atoms with van der Waals surface area (Å²) in [4.78, 5) is 26.6. The molecule has 2 aromatic rings.